The quantitative estimate of drug-likeness (QED) is 0.942. The minimum absolute atomic E-state index is 0.154. The predicted molar refractivity (Wildman–Crippen MR) is 85.9 cm³/mol. The molecule has 2 heterocycles. The molecule has 1 saturated heterocycles. The average molecular weight is 303 g/mol. The van der Waals surface area contributed by atoms with Gasteiger partial charge in [0, 0.05) is 37.1 Å². The molecule has 1 fully saturated rings. The molecular formula is C16H19ClN4. The highest BCUT2D eigenvalue weighted by molar-refractivity contribution is 6.31. The van der Waals surface area contributed by atoms with Gasteiger partial charge in [-0.25, -0.2) is 9.97 Å². The lowest BCUT2D eigenvalue weighted by Gasteiger charge is -2.29. The number of rotatable bonds is 4. The van der Waals surface area contributed by atoms with Crippen LogP contribution in [0.3, 0.4) is 0 Å². The third kappa shape index (κ3) is 2.87. The van der Waals surface area contributed by atoms with Crippen molar-refractivity contribution in [1.82, 2.24) is 15.3 Å². The van der Waals surface area contributed by atoms with Gasteiger partial charge in [0.15, 0.2) is 0 Å². The molecule has 4 nitrogen and oxygen atoms in total. The molecule has 1 aliphatic rings. The Bertz CT molecular complexity index is 627. The Morgan fingerprint density at radius 3 is 2.71 bits per heavy atom. The van der Waals surface area contributed by atoms with Gasteiger partial charge in [0.25, 0.3) is 0 Å². The van der Waals surface area contributed by atoms with Crippen LogP contribution in [0.25, 0.3) is 0 Å². The highest BCUT2D eigenvalue weighted by Gasteiger charge is 2.22. The van der Waals surface area contributed by atoms with E-state index in [2.05, 4.69) is 39.2 Å². The van der Waals surface area contributed by atoms with Crippen molar-refractivity contribution in [3.05, 3.63) is 52.9 Å². The topological polar surface area (TPSA) is 41.0 Å². The first-order valence-corrected chi connectivity index (χ1v) is 7.54. The fourth-order valence-corrected chi connectivity index (χ4v) is 2.79. The molecule has 1 aromatic heterocycles. The minimum atomic E-state index is 0.154. The zero-order valence-electron chi connectivity index (χ0n) is 12.3. The zero-order valence-corrected chi connectivity index (χ0v) is 13.0. The van der Waals surface area contributed by atoms with E-state index in [4.69, 9.17) is 11.6 Å². The van der Waals surface area contributed by atoms with E-state index in [1.807, 2.05) is 25.2 Å². The fraction of sp³-hybridized carbons (Fsp3) is 0.375. The maximum absolute atomic E-state index is 6.30. The number of hydrogen-bond acceptors (Lipinski definition) is 4. The van der Waals surface area contributed by atoms with Gasteiger partial charge in [0.1, 0.15) is 12.1 Å². The molecule has 0 unspecified atom stereocenters. The van der Waals surface area contributed by atoms with Crippen molar-refractivity contribution < 1.29 is 0 Å². The summed E-state index contributed by atoms with van der Waals surface area (Å²) in [4.78, 5) is 10.9. The average Bonchev–Trinajstić information content (AvgIpc) is 2.45. The predicted octanol–water partition coefficient (Wildman–Crippen LogP) is 3.01. The number of anilines is 1. The third-order valence-corrected chi connectivity index (χ3v) is 4.52. The summed E-state index contributed by atoms with van der Waals surface area (Å²) in [6, 6.07) is 10.2. The van der Waals surface area contributed by atoms with Crippen LogP contribution in [0.15, 0.2) is 36.7 Å². The number of nitrogens with zero attached hydrogens (tertiary/aromatic N) is 3. The highest BCUT2D eigenvalue weighted by Crippen LogP contribution is 2.30. The molecular weight excluding hydrogens is 284 g/mol. The first-order valence-electron chi connectivity index (χ1n) is 7.16. The SMILES string of the molecule is C[C@@H](c1ccccc1Cl)N(C)c1cc(C2CNC2)ncn1. The summed E-state index contributed by atoms with van der Waals surface area (Å²) in [5.74, 6) is 1.44. The maximum atomic E-state index is 6.30. The lowest BCUT2D eigenvalue weighted by atomic mass is 9.99. The van der Waals surface area contributed by atoms with Gasteiger partial charge in [-0.1, -0.05) is 29.8 Å². The Morgan fingerprint density at radius 1 is 1.29 bits per heavy atom. The van der Waals surface area contributed by atoms with Crippen LogP contribution in [-0.4, -0.2) is 30.1 Å². The summed E-state index contributed by atoms with van der Waals surface area (Å²) in [6.07, 6.45) is 1.65. The van der Waals surface area contributed by atoms with E-state index in [9.17, 15) is 0 Å². The summed E-state index contributed by atoms with van der Waals surface area (Å²) >= 11 is 6.30. The van der Waals surface area contributed by atoms with Crippen molar-refractivity contribution in [2.45, 2.75) is 18.9 Å². The van der Waals surface area contributed by atoms with Crippen LogP contribution in [0.1, 0.15) is 30.1 Å². The van der Waals surface area contributed by atoms with Gasteiger partial charge in [0.2, 0.25) is 0 Å². The van der Waals surface area contributed by atoms with E-state index in [1.54, 1.807) is 6.33 Å². The lowest BCUT2D eigenvalue weighted by Crippen LogP contribution is -2.40. The van der Waals surface area contributed by atoms with Crippen LogP contribution in [0.4, 0.5) is 5.82 Å². The maximum Gasteiger partial charge on any atom is 0.132 e. The Hall–Kier alpha value is -1.65. The molecule has 0 spiro atoms. The van der Waals surface area contributed by atoms with E-state index >= 15 is 0 Å². The number of nitrogens with one attached hydrogen (secondary N) is 1. The summed E-state index contributed by atoms with van der Waals surface area (Å²) < 4.78 is 0. The number of benzene rings is 1. The molecule has 5 heteroatoms. The Morgan fingerprint density at radius 2 is 2.05 bits per heavy atom. The molecule has 0 saturated carbocycles. The summed E-state index contributed by atoms with van der Waals surface area (Å²) in [5.41, 5.74) is 2.21. The molecule has 3 rings (SSSR count). The lowest BCUT2D eigenvalue weighted by molar-refractivity contribution is 0.439. The molecule has 21 heavy (non-hydrogen) atoms. The fourth-order valence-electron chi connectivity index (χ4n) is 2.50. The van der Waals surface area contributed by atoms with Gasteiger partial charge in [-0.15, -0.1) is 0 Å². The summed E-state index contributed by atoms with van der Waals surface area (Å²) in [5, 5.41) is 4.06. The molecule has 2 aromatic rings. The van der Waals surface area contributed by atoms with E-state index in [-0.39, 0.29) is 6.04 Å². The first kappa shape index (κ1) is 14.3. The van der Waals surface area contributed by atoms with E-state index in [0.717, 1.165) is 35.2 Å². The number of halogens is 1. The van der Waals surface area contributed by atoms with Crippen molar-refractivity contribution in [3.63, 3.8) is 0 Å². The van der Waals surface area contributed by atoms with Gasteiger partial charge in [-0.05, 0) is 18.6 Å². The molecule has 0 amide bonds. The minimum Gasteiger partial charge on any atom is -0.353 e. The Labute approximate surface area is 130 Å². The highest BCUT2D eigenvalue weighted by atomic mass is 35.5. The van der Waals surface area contributed by atoms with E-state index in [1.165, 1.54) is 0 Å². The third-order valence-electron chi connectivity index (χ3n) is 4.17. The van der Waals surface area contributed by atoms with Crippen molar-refractivity contribution in [2.75, 3.05) is 25.0 Å². The first-order chi connectivity index (χ1) is 10.2. The Kier molecular flexibility index (Phi) is 4.08. The van der Waals surface area contributed by atoms with Gasteiger partial charge >= 0.3 is 0 Å². The van der Waals surface area contributed by atoms with Crippen LogP contribution in [0.5, 0.6) is 0 Å². The normalized spacial score (nSPS) is 16.3. The van der Waals surface area contributed by atoms with Crippen LogP contribution >= 0.6 is 11.6 Å². The van der Waals surface area contributed by atoms with Crippen LogP contribution in [0.2, 0.25) is 5.02 Å². The van der Waals surface area contributed by atoms with Crippen molar-refractivity contribution in [2.24, 2.45) is 0 Å². The monoisotopic (exact) mass is 302 g/mol. The standard InChI is InChI=1S/C16H19ClN4/c1-11(13-5-3-4-6-14(13)17)21(2)16-7-15(19-10-20-16)12-8-18-9-12/h3-7,10-12,18H,8-9H2,1-2H3/t11-/m0/s1. The van der Waals surface area contributed by atoms with E-state index < -0.39 is 0 Å². The molecule has 0 radical (unpaired) electrons. The zero-order chi connectivity index (χ0) is 14.8. The molecule has 1 aliphatic heterocycles. The van der Waals surface area contributed by atoms with Gasteiger partial charge < -0.3 is 10.2 Å². The van der Waals surface area contributed by atoms with E-state index in [0.29, 0.717) is 5.92 Å². The van der Waals surface area contributed by atoms with Gasteiger partial charge in [0.05, 0.1) is 11.7 Å². The van der Waals surface area contributed by atoms with Crippen LogP contribution in [0, 0.1) is 0 Å². The van der Waals surface area contributed by atoms with Crippen molar-refractivity contribution in [3.8, 4) is 0 Å². The van der Waals surface area contributed by atoms with Gasteiger partial charge in [-0.3, -0.25) is 0 Å². The number of hydrogen-bond donors (Lipinski definition) is 1. The van der Waals surface area contributed by atoms with Crippen LogP contribution in [-0.2, 0) is 0 Å². The summed E-state index contributed by atoms with van der Waals surface area (Å²) in [7, 11) is 2.04. The largest absolute Gasteiger partial charge is 0.353 e. The molecule has 1 aromatic carbocycles. The molecule has 1 atom stereocenters. The second-order valence-electron chi connectivity index (χ2n) is 5.46. The summed E-state index contributed by atoms with van der Waals surface area (Å²) in [6.45, 7) is 4.13. The molecule has 1 N–H and O–H groups in total. The molecule has 0 aliphatic carbocycles. The van der Waals surface area contributed by atoms with Crippen molar-refractivity contribution in [1.29, 1.82) is 0 Å². The van der Waals surface area contributed by atoms with Gasteiger partial charge in [-0.2, -0.15) is 0 Å². The van der Waals surface area contributed by atoms with Crippen LogP contribution < -0.4 is 10.2 Å². The smallest absolute Gasteiger partial charge is 0.132 e. The Balaban J connectivity index is 1.84. The molecule has 0 bridgehead atoms. The number of aromatic nitrogens is 2. The second-order valence-corrected chi connectivity index (χ2v) is 5.87. The molecule has 110 valence electrons. The second kappa shape index (κ2) is 6.00. The van der Waals surface area contributed by atoms with Crippen molar-refractivity contribution >= 4 is 17.4 Å².